The third kappa shape index (κ3) is 3.19. The van der Waals surface area contributed by atoms with Gasteiger partial charge in [0.25, 0.3) is 0 Å². The zero-order valence-corrected chi connectivity index (χ0v) is 11.8. The van der Waals surface area contributed by atoms with Crippen LogP contribution in [-0.4, -0.2) is 12.2 Å². The Morgan fingerprint density at radius 2 is 2.12 bits per heavy atom. The highest BCUT2D eigenvalue weighted by Crippen LogP contribution is 2.30. The Labute approximate surface area is 109 Å². The number of nitrogens with two attached hydrogens (primary N) is 1. The number of halogens is 3. The van der Waals surface area contributed by atoms with Crippen molar-refractivity contribution in [3.05, 3.63) is 33.3 Å². The Morgan fingerprint density at radius 3 is 2.56 bits per heavy atom. The number of rotatable bonds is 4. The summed E-state index contributed by atoms with van der Waals surface area (Å²) >= 11 is 9.38. The molecule has 16 heavy (non-hydrogen) atoms. The first kappa shape index (κ1) is 13.9. The van der Waals surface area contributed by atoms with Crippen molar-refractivity contribution in [2.75, 3.05) is 6.54 Å². The summed E-state index contributed by atoms with van der Waals surface area (Å²) in [7, 11) is 0. The quantitative estimate of drug-likeness (QED) is 0.895. The fourth-order valence-corrected chi connectivity index (χ4v) is 2.23. The van der Waals surface area contributed by atoms with E-state index in [0.29, 0.717) is 5.02 Å². The van der Waals surface area contributed by atoms with Gasteiger partial charge in [0.2, 0.25) is 0 Å². The molecule has 1 atom stereocenters. The van der Waals surface area contributed by atoms with E-state index < -0.39 is 5.67 Å². The van der Waals surface area contributed by atoms with Crippen molar-refractivity contribution in [3.63, 3.8) is 0 Å². The number of hydrogen-bond acceptors (Lipinski definition) is 1. The van der Waals surface area contributed by atoms with Gasteiger partial charge in [0.05, 0.1) is 0 Å². The minimum atomic E-state index is -1.39. The molecule has 0 heterocycles. The zero-order valence-electron chi connectivity index (χ0n) is 9.43. The summed E-state index contributed by atoms with van der Waals surface area (Å²) in [6.07, 6.45) is 0.257. The van der Waals surface area contributed by atoms with Gasteiger partial charge in [-0.1, -0.05) is 47.4 Å². The summed E-state index contributed by atoms with van der Waals surface area (Å²) in [5.74, 6) is -0.128. The summed E-state index contributed by atoms with van der Waals surface area (Å²) in [6.45, 7) is 3.68. The Kier molecular flexibility index (Phi) is 4.77. The molecular weight excluding hydrogens is 292 g/mol. The molecule has 1 unspecified atom stereocenters. The molecule has 0 spiro atoms. The largest absolute Gasteiger partial charge is 0.328 e. The maximum Gasteiger partial charge on any atom is 0.129 e. The molecule has 0 bridgehead atoms. The van der Waals surface area contributed by atoms with E-state index in [1.807, 2.05) is 26.0 Å². The van der Waals surface area contributed by atoms with Gasteiger partial charge in [-0.15, -0.1) is 0 Å². The molecule has 1 aromatic rings. The van der Waals surface area contributed by atoms with Crippen LogP contribution in [-0.2, 0) is 6.42 Å². The van der Waals surface area contributed by atoms with Crippen LogP contribution in [0.2, 0.25) is 5.02 Å². The second-order valence-corrected chi connectivity index (χ2v) is 5.63. The Bertz CT molecular complexity index is 370. The average molecular weight is 309 g/mol. The first-order valence-corrected chi connectivity index (χ1v) is 6.39. The molecule has 1 rings (SSSR count). The standard InChI is InChI=1S/C12H16BrClFN/c1-8(2)12(15,7-16)6-9-3-4-10(13)5-11(9)14/h3-5,8H,6-7,16H2,1-2H3. The molecule has 0 aliphatic carbocycles. The van der Waals surface area contributed by atoms with E-state index in [9.17, 15) is 4.39 Å². The molecule has 0 saturated carbocycles. The number of benzene rings is 1. The van der Waals surface area contributed by atoms with Crippen LogP contribution < -0.4 is 5.73 Å². The van der Waals surface area contributed by atoms with E-state index in [0.717, 1.165) is 10.0 Å². The van der Waals surface area contributed by atoms with E-state index in [1.165, 1.54) is 0 Å². The van der Waals surface area contributed by atoms with Gasteiger partial charge in [-0.2, -0.15) is 0 Å². The molecule has 2 N–H and O–H groups in total. The van der Waals surface area contributed by atoms with Crippen LogP contribution in [0.5, 0.6) is 0 Å². The van der Waals surface area contributed by atoms with Gasteiger partial charge in [-0.3, -0.25) is 0 Å². The molecule has 0 aliphatic rings. The lowest BCUT2D eigenvalue weighted by molar-refractivity contribution is 0.110. The van der Waals surface area contributed by atoms with Crippen molar-refractivity contribution in [1.29, 1.82) is 0 Å². The smallest absolute Gasteiger partial charge is 0.129 e. The fraction of sp³-hybridized carbons (Fsp3) is 0.500. The lowest BCUT2D eigenvalue weighted by Gasteiger charge is -2.28. The van der Waals surface area contributed by atoms with Crippen LogP contribution in [0.15, 0.2) is 22.7 Å². The first-order valence-electron chi connectivity index (χ1n) is 5.22. The van der Waals surface area contributed by atoms with Crippen molar-refractivity contribution in [1.82, 2.24) is 0 Å². The highest BCUT2D eigenvalue weighted by molar-refractivity contribution is 9.10. The number of hydrogen-bond donors (Lipinski definition) is 1. The maximum absolute atomic E-state index is 14.4. The van der Waals surface area contributed by atoms with Gasteiger partial charge in [0, 0.05) is 22.5 Å². The van der Waals surface area contributed by atoms with Gasteiger partial charge < -0.3 is 5.73 Å². The SMILES string of the molecule is CC(C)C(F)(CN)Cc1ccc(Br)cc1Cl. The minimum Gasteiger partial charge on any atom is -0.328 e. The van der Waals surface area contributed by atoms with E-state index in [4.69, 9.17) is 17.3 Å². The summed E-state index contributed by atoms with van der Waals surface area (Å²) in [5.41, 5.74) is 4.91. The van der Waals surface area contributed by atoms with E-state index >= 15 is 0 Å². The van der Waals surface area contributed by atoms with Crippen molar-refractivity contribution in [2.24, 2.45) is 11.7 Å². The summed E-state index contributed by atoms with van der Waals surface area (Å²) in [5, 5.41) is 0.575. The molecule has 0 aliphatic heterocycles. The molecule has 0 saturated heterocycles. The monoisotopic (exact) mass is 307 g/mol. The molecule has 0 fully saturated rings. The Balaban J connectivity index is 2.95. The van der Waals surface area contributed by atoms with Gasteiger partial charge in [0.1, 0.15) is 5.67 Å². The van der Waals surface area contributed by atoms with E-state index in [-0.39, 0.29) is 18.9 Å². The van der Waals surface area contributed by atoms with Crippen LogP contribution in [0, 0.1) is 5.92 Å². The van der Waals surface area contributed by atoms with Crippen LogP contribution in [0.25, 0.3) is 0 Å². The maximum atomic E-state index is 14.4. The van der Waals surface area contributed by atoms with Crippen molar-refractivity contribution < 1.29 is 4.39 Å². The van der Waals surface area contributed by atoms with Crippen LogP contribution in [0.4, 0.5) is 4.39 Å². The summed E-state index contributed by atoms with van der Waals surface area (Å²) in [6, 6.07) is 5.46. The predicted molar refractivity (Wildman–Crippen MR) is 70.6 cm³/mol. The predicted octanol–water partition coefficient (Wildman–Crippen LogP) is 3.97. The summed E-state index contributed by atoms with van der Waals surface area (Å²) in [4.78, 5) is 0. The molecule has 1 nitrogen and oxygen atoms in total. The third-order valence-corrected chi connectivity index (χ3v) is 3.72. The highest BCUT2D eigenvalue weighted by Gasteiger charge is 2.32. The zero-order chi connectivity index (χ0) is 12.3. The lowest BCUT2D eigenvalue weighted by Crippen LogP contribution is -2.40. The van der Waals surface area contributed by atoms with Gasteiger partial charge in [0.15, 0.2) is 0 Å². The normalized spacial score (nSPS) is 15.2. The summed E-state index contributed by atoms with van der Waals surface area (Å²) < 4.78 is 15.3. The molecule has 90 valence electrons. The molecule has 1 aromatic carbocycles. The van der Waals surface area contributed by atoms with Gasteiger partial charge in [-0.05, 0) is 23.6 Å². The molecule has 0 aromatic heterocycles. The average Bonchev–Trinajstić information content (AvgIpc) is 2.22. The van der Waals surface area contributed by atoms with E-state index in [1.54, 1.807) is 6.07 Å². The van der Waals surface area contributed by atoms with Crippen molar-refractivity contribution in [2.45, 2.75) is 25.9 Å². The molecule has 4 heteroatoms. The first-order chi connectivity index (χ1) is 7.39. The van der Waals surface area contributed by atoms with E-state index in [2.05, 4.69) is 15.9 Å². The van der Waals surface area contributed by atoms with Gasteiger partial charge in [-0.25, -0.2) is 4.39 Å². The third-order valence-electron chi connectivity index (χ3n) is 2.87. The molecule has 0 amide bonds. The van der Waals surface area contributed by atoms with Crippen molar-refractivity contribution >= 4 is 27.5 Å². The van der Waals surface area contributed by atoms with Crippen molar-refractivity contribution in [3.8, 4) is 0 Å². The Hall–Kier alpha value is -0.120. The molecular formula is C12H16BrClFN. The fourth-order valence-electron chi connectivity index (χ4n) is 1.49. The van der Waals surface area contributed by atoms with Crippen LogP contribution >= 0.6 is 27.5 Å². The Morgan fingerprint density at radius 1 is 1.50 bits per heavy atom. The minimum absolute atomic E-state index is 0.0110. The van der Waals surface area contributed by atoms with Crippen LogP contribution in [0.3, 0.4) is 0 Å². The van der Waals surface area contributed by atoms with Crippen LogP contribution in [0.1, 0.15) is 19.4 Å². The molecule has 0 radical (unpaired) electrons. The van der Waals surface area contributed by atoms with Gasteiger partial charge >= 0.3 is 0 Å². The lowest BCUT2D eigenvalue weighted by atomic mass is 9.86. The second-order valence-electron chi connectivity index (χ2n) is 4.31. The topological polar surface area (TPSA) is 26.0 Å². The second kappa shape index (κ2) is 5.48. The highest BCUT2D eigenvalue weighted by atomic mass is 79.9. The number of alkyl halides is 1.